The average molecular weight is 521 g/mol. The summed E-state index contributed by atoms with van der Waals surface area (Å²) in [6.07, 6.45) is 0.656. The van der Waals surface area contributed by atoms with Crippen molar-refractivity contribution in [2.75, 3.05) is 16.8 Å². The van der Waals surface area contributed by atoms with Gasteiger partial charge in [0.05, 0.1) is 17.9 Å². The Hall–Kier alpha value is -3.55. The molecule has 0 bridgehead atoms. The van der Waals surface area contributed by atoms with Crippen LogP contribution >= 0.6 is 23.4 Å². The van der Waals surface area contributed by atoms with E-state index in [-0.39, 0.29) is 28.5 Å². The second kappa shape index (κ2) is 11.0. The van der Waals surface area contributed by atoms with Crippen LogP contribution in [0.1, 0.15) is 34.8 Å². The molecule has 0 fully saturated rings. The highest BCUT2D eigenvalue weighted by Gasteiger charge is 2.42. The Bertz CT molecular complexity index is 1370. The summed E-state index contributed by atoms with van der Waals surface area (Å²) in [4.78, 5) is 42.2. The molecule has 0 aliphatic carbocycles. The molecule has 4 rings (SSSR count). The zero-order valence-corrected chi connectivity index (χ0v) is 21.7. The number of hydrogen-bond donors (Lipinski definition) is 1. The van der Waals surface area contributed by atoms with Crippen LogP contribution in [0.4, 0.5) is 11.4 Å². The van der Waals surface area contributed by atoms with Gasteiger partial charge in [-0.25, -0.2) is 9.69 Å². The van der Waals surface area contributed by atoms with E-state index in [0.717, 1.165) is 32.7 Å². The van der Waals surface area contributed by atoms with E-state index in [9.17, 15) is 14.4 Å². The second-order valence-electron chi connectivity index (χ2n) is 8.30. The number of hydrogen-bond acceptors (Lipinski definition) is 6. The van der Waals surface area contributed by atoms with Crippen LogP contribution in [0.5, 0.6) is 0 Å². The molecule has 1 aliphatic heterocycles. The van der Waals surface area contributed by atoms with Crippen molar-refractivity contribution in [3.63, 3.8) is 0 Å². The van der Waals surface area contributed by atoms with Gasteiger partial charge in [0.15, 0.2) is 0 Å². The van der Waals surface area contributed by atoms with Gasteiger partial charge in [0, 0.05) is 15.6 Å². The molecule has 0 radical (unpaired) electrons. The molecule has 1 N–H and O–H groups in total. The van der Waals surface area contributed by atoms with Crippen molar-refractivity contribution in [3.8, 4) is 0 Å². The first kappa shape index (κ1) is 25.5. The van der Waals surface area contributed by atoms with E-state index in [1.807, 2.05) is 39.0 Å². The lowest BCUT2D eigenvalue weighted by Crippen LogP contribution is -2.33. The monoisotopic (exact) mass is 520 g/mol. The first-order chi connectivity index (χ1) is 17.3. The molecule has 0 saturated carbocycles. The normalized spacial score (nSPS) is 13.4. The van der Waals surface area contributed by atoms with Gasteiger partial charge in [0.1, 0.15) is 10.6 Å². The highest BCUT2D eigenvalue weighted by Crippen LogP contribution is 2.39. The van der Waals surface area contributed by atoms with E-state index < -0.39 is 17.8 Å². The molecule has 0 aromatic heterocycles. The Kier molecular flexibility index (Phi) is 7.82. The van der Waals surface area contributed by atoms with E-state index >= 15 is 0 Å². The summed E-state index contributed by atoms with van der Waals surface area (Å²) in [6.45, 7) is 6.05. The van der Waals surface area contributed by atoms with Crippen molar-refractivity contribution in [3.05, 3.63) is 99.0 Å². The topological polar surface area (TPSA) is 75.7 Å². The highest BCUT2D eigenvalue weighted by atomic mass is 35.5. The van der Waals surface area contributed by atoms with Crippen LogP contribution in [-0.2, 0) is 14.3 Å². The quantitative estimate of drug-likeness (QED) is 0.269. The largest absolute Gasteiger partial charge is 0.462 e. The number of imide groups is 1. The zero-order chi connectivity index (χ0) is 25.8. The van der Waals surface area contributed by atoms with Crippen molar-refractivity contribution in [2.45, 2.75) is 32.1 Å². The molecule has 8 heteroatoms. The van der Waals surface area contributed by atoms with Gasteiger partial charge in [-0.3, -0.25) is 9.59 Å². The van der Waals surface area contributed by atoms with Crippen LogP contribution in [0.3, 0.4) is 0 Å². The smallest absolute Gasteiger partial charge is 0.340 e. The minimum absolute atomic E-state index is 0.142. The van der Waals surface area contributed by atoms with Crippen molar-refractivity contribution in [1.29, 1.82) is 0 Å². The van der Waals surface area contributed by atoms with Gasteiger partial charge >= 0.3 is 5.97 Å². The number of anilines is 2. The number of amides is 2. The maximum absolute atomic E-state index is 13.7. The van der Waals surface area contributed by atoms with E-state index in [4.69, 9.17) is 16.3 Å². The number of thioether (sulfide) groups is 1. The Balaban J connectivity index is 1.77. The fraction of sp³-hybridized carbons (Fsp3) is 0.179. The number of nitrogens with zero attached hydrogens (tertiary/aromatic N) is 1. The molecular formula is C28H25ClN2O4S. The van der Waals surface area contributed by atoms with E-state index in [1.54, 1.807) is 48.5 Å². The number of carbonyl (C=O) groups excluding carboxylic acids is 3. The van der Waals surface area contributed by atoms with Crippen molar-refractivity contribution < 1.29 is 19.1 Å². The van der Waals surface area contributed by atoms with Crippen molar-refractivity contribution >= 4 is 52.5 Å². The van der Waals surface area contributed by atoms with Crippen LogP contribution in [0, 0.1) is 13.8 Å². The number of halogens is 1. The SMILES string of the molecule is CCCOC(=O)c1ccccc1N1C(=O)C(Nc2ccc(C)cc2C)=C(Sc2ccc(Cl)cc2)C1=O. The number of carbonyl (C=O) groups is 3. The lowest BCUT2D eigenvalue weighted by atomic mass is 10.1. The fourth-order valence-electron chi connectivity index (χ4n) is 3.76. The summed E-state index contributed by atoms with van der Waals surface area (Å²) in [5.74, 6) is -1.66. The molecule has 3 aromatic rings. The highest BCUT2D eigenvalue weighted by molar-refractivity contribution is 8.04. The predicted octanol–water partition coefficient (Wildman–Crippen LogP) is 6.51. The summed E-state index contributed by atoms with van der Waals surface area (Å²) in [5.41, 5.74) is 3.20. The summed E-state index contributed by atoms with van der Waals surface area (Å²) in [6, 6.07) is 19.3. The van der Waals surface area contributed by atoms with E-state index in [0.29, 0.717) is 17.1 Å². The molecule has 184 valence electrons. The standard InChI is InChI=1S/C28H25ClN2O4S/c1-4-15-35-28(34)21-7-5-6-8-23(21)31-26(32)24(30-22-14-9-17(2)16-18(22)3)25(27(31)33)36-20-12-10-19(29)11-13-20/h5-14,16,30H,4,15H2,1-3H3. The number of benzene rings is 3. The Morgan fingerprint density at radius 1 is 1.00 bits per heavy atom. The van der Waals surface area contributed by atoms with Crippen LogP contribution in [0.25, 0.3) is 0 Å². The Morgan fingerprint density at radius 2 is 1.72 bits per heavy atom. The first-order valence-corrected chi connectivity index (χ1v) is 12.7. The van der Waals surface area contributed by atoms with Gasteiger partial charge in [-0.15, -0.1) is 0 Å². The van der Waals surface area contributed by atoms with E-state index in [2.05, 4.69) is 5.32 Å². The lowest BCUT2D eigenvalue weighted by molar-refractivity contribution is -0.120. The molecule has 1 aliphatic rings. The minimum atomic E-state index is -0.587. The number of nitrogens with one attached hydrogen (secondary N) is 1. The predicted molar refractivity (Wildman–Crippen MR) is 143 cm³/mol. The molecule has 3 aromatic carbocycles. The molecule has 36 heavy (non-hydrogen) atoms. The molecule has 1 heterocycles. The first-order valence-electron chi connectivity index (χ1n) is 11.5. The number of aryl methyl sites for hydroxylation is 2. The van der Waals surface area contributed by atoms with E-state index in [1.165, 1.54) is 0 Å². The molecular weight excluding hydrogens is 496 g/mol. The average Bonchev–Trinajstić information content (AvgIpc) is 3.09. The van der Waals surface area contributed by atoms with Crippen LogP contribution in [-0.4, -0.2) is 24.4 Å². The lowest BCUT2D eigenvalue weighted by Gasteiger charge is -2.18. The van der Waals surface area contributed by atoms with Gasteiger partial charge < -0.3 is 10.1 Å². The third kappa shape index (κ3) is 5.32. The Morgan fingerprint density at radius 3 is 2.42 bits per heavy atom. The van der Waals surface area contributed by atoms with Crippen LogP contribution in [0.2, 0.25) is 5.02 Å². The maximum atomic E-state index is 13.7. The Labute approximate surface area is 219 Å². The van der Waals surface area contributed by atoms with Crippen LogP contribution < -0.4 is 10.2 Å². The number of rotatable bonds is 8. The van der Waals surface area contributed by atoms with Gasteiger partial charge in [0.25, 0.3) is 11.8 Å². The fourth-order valence-corrected chi connectivity index (χ4v) is 4.81. The number of para-hydroxylation sites is 1. The number of esters is 1. The summed E-state index contributed by atoms with van der Waals surface area (Å²) in [5, 5.41) is 3.75. The molecule has 0 saturated heterocycles. The second-order valence-corrected chi connectivity index (χ2v) is 9.82. The molecule has 0 atom stereocenters. The maximum Gasteiger partial charge on any atom is 0.340 e. The van der Waals surface area contributed by atoms with Gasteiger partial charge in [-0.2, -0.15) is 0 Å². The van der Waals surface area contributed by atoms with Gasteiger partial charge in [-0.05, 0) is 68.3 Å². The van der Waals surface area contributed by atoms with Gasteiger partial charge in [0.2, 0.25) is 0 Å². The summed E-state index contributed by atoms with van der Waals surface area (Å²) >= 11 is 7.19. The minimum Gasteiger partial charge on any atom is -0.462 e. The van der Waals surface area contributed by atoms with Crippen molar-refractivity contribution in [2.24, 2.45) is 0 Å². The summed E-state index contributed by atoms with van der Waals surface area (Å²) < 4.78 is 5.30. The third-order valence-electron chi connectivity index (χ3n) is 5.52. The van der Waals surface area contributed by atoms with Gasteiger partial charge in [-0.1, -0.05) is 60.1 Å². The third-order valence-corrected chi connectivity index (χ3v) is 6.86. The molecule has 6 nitrogen and oxygen atoms in total. The van der Waals surface area contributed by atoms with Crippen molar-refractivity contribution in [1.82, 2.24) is 0 Å². The summed E-state index contributed by atoms with van der Waals surface area (Å²) in [7, 11) is 0. The number of ether oxygens (including phenoxy) is 1. The van der Waals surface area contributed by atoms with Crippen LogP contribution in [0.15, 0.2) is 82.2 Å². The molecule has 0 spiro atoms. The molecule has 0 unspecified atom stereocenters. The zero-order valence-electron chi connectivity index (χ0n) is 20.1. The molecule has 2 amide bonds.